The maximum atomic E-state index is 13.9. The predicted octanol–water partition coefficient (Wildman–Crippen LogP) is 4.89. The number of halogens is 1. The van der Waals surface area contributed by atoms with E-state index in [1.165, 1.54) is 10.4 Å². The van der Waals surface area contributed by atoms with Gasteiger partial charge in [-0.25, -0.2) is 8.42 Å². The first-order chi connectivity index (χ1) is 25.8. The molecule has 0 spiro atoms. The Morgan fingerprint density at radius 1 is 0.963 bits per heavy atom. The van der Waals surface area contributed by atoms with Gasteiger partial charge >= 0.3 is 0 Å². The molecule has 5 N–H and O–H groups in total. The van der Waals surface area contributed by atoms with Crippen molar-refractivity contribution in [3.63, 3.8) is 0 Å². The number of benzene rings is 2. The first kappa shape index (κ1) is 42.2. The van der Waals surface area contributed by atoms with E-state index in [4.69, 9.17) is 26.2 Å². The van der Waals surface area contributed by atoms with Crippen LogP contribution in [0.15, 0.2) is 65.8 Å². The topological polar surface area (TPSA) is 187 Å². The maximum Gasteiger partial charge on any atom is 0.243 e. The summed E-state index contributed by atoms with van der Waals surface area (Å²) < 4.78 is 42.1. The van der Waals surface area contributed by atoms with Crippen molar-refractivity contribution in [3.05, 3.63) is 77.1 Å². The van der Waals surface area contributed by atoms with E-state index in [2.05, 4.69) is 4.98 Å². The van der Waals surface area contributed by atoms with Crippen molar-refractivity contribution in [1.29, 1.82) is 0 Å². The summed E-state index contributed by atoms with van der Waals surface area (Å²) in [6, 6.07) is 14.3. The van der Waals surface area contributed by atoms with Crippen LogP contribution in [0.1, 0.15) is 89.2 Å². The zero-order chi connectivity index (χ0) is 39.0. The molecule has 0 unspecified atom stereocenters. The normalized spacial score (nSPS) is 17.7. The molecule has 0 amide bonds. The second-order valence-electron chi connectivity index (χ2n) is 14.7. The second kappa shape index (κ2) is 18.8. The third-order valence-electron chi connectivity index (χ3n) is 10.1. The lowest BCUT2D eigenvalue weighted by atomic mass is 9.96. The molecule has 5 rings (SSSR count). The number of nitrogens with zero attached hydrogens (tertiary/aromatic N) is 2. The Labute approximate surface area is 322 Å². The van der Waals surface area contributed by atoms with E-state index < -0.39 is 46.6 Å². The smallest absolute Gasteiger partial charge is 0.243 e. The molecule has 2 saturated carbocycles. The zero-order valence-corrected chi connectivity index (χ0v) is 32.5. The summed E-state index contributed by atoms with van der Waals surface area (Å²) in [6.07, 6.45) is 2.70. The van der Waals surface area contributed by atoms with Crippen molar-refractivity contribution < 1.29 is 48.2 Å². The van der Waals surface area contributed by atoms with Crippen LogP contribution in [-0.2, 0) is 31.8 Å². The standard InChI is InChI=1S/C40H53ClN2O10S/c1-26(2)43(21-7-3-4-8-28(45)11-16-35(46)38(48)39(49)36(47)24-44)54(50,51)30-14-15-34(41)27(22-30)25-52-40(18-19-40)33-23-42-20-17-31(33)32-9-5-6-10-37(32)53-29-12-13-29/h5-6,9-10,14-15,17,20,22-23,26,29,35-36,38-39,44,46-49H,3-4,7-8,11-13,16,18-19,21,24-25H2,1-2H3/t35-,36+,38+,39+/m0/s1. The Bertz CT molecular complexity index is 1820. The highest BCUT2D eigenvalue weighted by molar-refractivity contribution is 7.89. The van der Waals surface area contributed by atoms with E-state index in [9.17, 15) is 33.6 Å². The van der Waals surface area contributed by atoms with E-state index in [1.54, 1.807) is 18.3 Å². The van der Waals surface area contributed by atoms with Gasteiger partial charge in [-0.05, 0) is 100 Å². The van der Waals surface area contributed by atoms with Crippen LogP contribution in [0, 0.1) is 0 Å². The number of hydrogen-bond acceptors (Lipinski definition) is 11. The van der Waals surface area contributed by atoms with Gasteiger partial charge in [0.25, 0.3) is 0 Å². The van der Waals surface area contributed by atoms with Gasteiger partial charge in [0.15, 0.2) is 0 Å². The number of carbonyl (C=O) groups is 1. The van der Waals surface area contributed by atoms with Gasteiger partial charge in [0.1, 0.15) is 29.8 Å². The summed E-state index contributed by atoms with van der Waals surface area (Å²) in [5, 5.41) is 48.5. The first-order valence-electron chi connectivity index (χ1n) is 18.8. The Morgan fingerprint density at radius 3 is 2.37 bits per heavy atom. The average Bonchev–Trinajstić information content (AvgIpc) is 4.11. The highest BCUT2D eigenvalue weighted by Gasteiger charge is 2.48. The summed E-state index contributed by atoms with van der Waals surface area (Å²) in [6.45, 7) is 3.20. The van der Waals surface area contributed by atoms with Crippen molar-refractivity contribution >= 4 is 27.4 Å². The van der Waals surface area contributed by atoms with Gasteiger partial charge in [0.2, 0.25) is 10.0 Å². The number of sulfonamides is 1. The summed E-state index contributed by atoms with van der Waals surface area (Å²) in [5.74, 6) is 0.680. The Morgan fingerprint density at radius 2 is 1.69 bits per heavy atom. The number of ether oxygens (including phenoxy) is 2. The third-order valence-corrected chi connectivity index (χ3v) is 12.5. The molecule has 0 bridgehead atoms. The SMILES string of the molecule is CC(C)N(CCCCCC(=O)CC[C@H](O)[C@@H](O)[C@H](O)[C@H](O)CO)S(=O)(=O)c1ccc(Cl)c(COC2(c3cnccc3-c3ccccc3OC3CC3)CC2)c1. The molecule has 0 aliphatic heterocycles. The van der Waals surface area contributed by atoms with E-state index >= 15 is 0 Å². The van der Waals surface area contributed by atoms with Crippen LogP contribution < -0.4 is 4.74 Å². The highest BCUT2D eigenvalue weighted by Crippen LogP contribution is 2.53. The van der Waals surface area contributed by atoms with Crippen LogP contribution in [-0.4, -0.2) is 98.7 Å². The van der Waals surface area contributed by atoms with Gasteiger partial charge in [-0.1, -0.05) is 36.2 Å². The van der Waals surface area contributed by atoms with Gasteiger partial charge < -0.3 is 35.0 Å². The van der Waals surface area contributed by atoms with Crippen LogP contribution in [0.4, 0.5) is 0 Å². The molecule has 1 heterocycles. The number of pyridine rings is 1. The number of ketones is 1. The molecule has 296 valence electrons. The van der Waals surface area contributed by atoms with Crippen molar-refractivity contribution in [2.24, 2.45) is 0 Å². The predicted molar refractivity (Wildman–Crippen MR) is 203 cm³/mol. The molecule has 2 aliphatic rings. The molecule has 54 heavy (non-hydrogen) atoms. The molecular formula is C40H53ClN2O10S. The van der Waals surface area contributed by atoms with Crippen LogP contribution >= 0.6 is 11.6 Å². The fraction of sp³-hybridized carbons (Fsp3) is 0.550. The number of Topliss-reactive ketones (excluding diaryl/α,β-unsaturated/α-hetero) is 1. The number of carbonyl (C=O) groups excluding carboxylic acids is 1. The molecule has 2 aliphatic carbocycles. The number of aliphatic hydroxyl groups excluding tert-OH is 5. The molecule has 0 radical (unpaired) electrons. The monoisotopic (exact) mass is 788 g/mol. The third kappa shape index (κ3) is 10.7. The molecule has 2 aromatic carbocycles. The van der Waals surface area contributed by atoms with Gasteiger partial charge in [-0.3, -0.25) is 9.78 Å². The lowest BCUT2D eigenvalue weighted by Gasteiger charge is -2.26. The van der Waals surface area contributed by atoms with Crippen LogP contribution in [0.5, 0.6) is 5.75 Å². The highest BCUT2D eigenvalue weighted by atomic mass is 35.5. The molecule has 0 saturated heterocycles. The summed E-state index contributed by atoms with van der Waals surface area (Å²) in [4.78, 5) is 16.9. The minimum absolute atomic E-state index is 0.0386. The van der Waals surface area contributed by atoms with Gasteiger partial charge in [0.05, 0.1) is 35.9 Å². The van der Waals surface area contributed by atoms with E-state index in [-0.39, 0.29) is 55.2 Å². The van der Waals surface area contributed by atoms with E-state index in [0.29, 0.717) is 29.8 Å². The molecule has 1 aromatic heterocycles. The molecular weight excluding hydrogens is 736 g/mol. The molecule has 3 aromatic rings. The maximum absolute atomic E-state index is 13.9. The second-order valence-corrected chi connectivity index (χ2v) is 17.0. The minimum atomic E-state index is -3.90. The first-order valence-corrected chi connectivity index (χ1v) is 20.6. The van der Waals surface area contributed by atoms with Crippen molar-refractivity contribution in [2.45, 2.75) is 132 Å². The summed E-state index contributed by atoms with van der Waals surface area (Å²) in [7, 11) is -3.90. The van der Waals surface area contributed by atoms with Crippen LogP contribution in [0.2, 0.25) is 5.02 Å². The quantitative estimate of drug-likeness (QED) is 0.0824. The van der Waals surface area contributed by atoms with Crippen LogP contribution in [0.3, 0.4) is 0 Å². The van der Waals surface area contributed by atoms with Gasteiger partial charge in [-0.15, -0.1) is 0 Å². The van der Waals surface area contributed by atoms with E-state index in [0.717, 1.165) is 48.1 Å². The molecule has 12 nitrogen and oxygen atoms in total. The van der Waals surface area contributed by atoms with Crippen molar-refractivity contribution in [1.82, 2.24) is 9.29 Å². The fourth-order valence-corrected chi connectivity index (χ4v) is 8.42. The van der Waals surface area contributed by atoms with Crippen molar-refractivity contribution in [3.8, 4) is 16.9 Å². The lowest BCUT2D eigenvalue weighted by Crippen LogP contribution is -2.45. The van der Waals surface area contributed by atoms with E-state index in [1.807, 2.05) is 50.4 Å². The fourth-order valence-electron chi connectivity index (χ4n) is 6.52. The Kier molecular flexibility index (Phi) is 14.7. The Hall–Kier alpha value is -2.98. The number of rotatable bonds is 23. The number of unbranched alkanes of at least 4 members (excludes halogenated alkanes) is 2. The van der Waals surface area contributed by atoms with Gasteiger partial charge in [-0.2, -0.15) is 4.31 Å². The summed E-state index contributed by atoms with van der Waals surface area (Å²) in [5.41, 5.74) is 2.90. The number of para-hydroxylation sites is 1. The number of aromatic nitrogens is 1. The molecule has 4 atom stereocenters. The molecule has 2 fully saturated rings. The molecule has 14 heteroatoms. The largest absolute Gasteiger partial charge is 0.490 e. The lowest BCUT2D eigenvalue weighted by molar-refractivity contribution is -0.125. The minimum Gasteiger partial charge on any atom is -0.490 e. The van der Waals surface area contributed by atoms with Crippen molar-refractivity contribution in [2.75, 3.05) is 13.2 Å². The van der Waals surface area contributed by atoms with Crippen LogP contribution in [0.25, 0.3) is 11.1 Å². The summed E-state index contributed by atoms with van der Waals surface area (Å²) >= 11 is 6.62. The number of hydrogen-bond donors (Lipinski definition) is 5. The Balaban J connectivity index is 1.17. The zero-order valence-electron chi connectivity index (χ0n) is 30.9. The average molecular weight is 789 g/mol. The van der Waals surface area contributed by atoms with Gasteiger partial charge in [0, 0.05) is 54.0 Å². The number of aliphatic hydroxyl groups is 5.